The van der Waals surface area contributed by atoms with E-state index < -0.39 is 23.7 Å². The minimum Gasteiger partial charge on any atom is -0.465 e. The third-order valence-electron chi connectivity index (χ3n) is 1.34. The van der Waals surface area contributed by atoms with Crippen molar-refractivity contribution >= 4 is 17.7 Å². The SMILES string of the molecule is CCOC(=O)CNC(=O)C(=O)[C@H](C)N. The molecule has 3 N–H and O–H groups in total. The van der Waals surface area contributed by atoms with Crippen LogP contribution < -0.4 is 11.1 Å². The molecule has 14 heavy (non-hydrogen) atoms. The molecule has 0 rings (SSSR count). The first-order valence-corrected chi connectivity index (χ1v) is 4.22. The molecule has 0 radical (unpaired) electrons. The maximum atomic E-state index is 10.9. The van der Waals surface area contributed by atoms with Crippen LogP contribution in [-0.2, 0) is 19.1 Å². The highest BCUT2D eigenvalue weighted by atomic mass is 16.5. The minimum atomic E-state index is -0.868. The molecule has 1 atom stereocenters. The number of ether oxygens (including phenoxy) is 1. The predicted molar refractivity (Wildman–Crippen MR) is 48.3 cm³/mol. The number of hydrogen-bond acceptors (Lipinski definition) is 5. The molecule has 80 valence electrons. The molecule has 0 saturated heterocycles. The van der Waals surface area contributed by atoms with Crippen LogP contribution in [-0.4, -0.2) is 36.9 Å². The lowest BCUT2D eigenvalue weighted by molar-refractivity contribution is -0.144. The average Bonchev–Trinajstić information content (AvgIpc) is 2.13. The Hall–Kier alpha value is -1.43. The van der Waals surface area contributed by atoms with E-state index in [0.29, 0.717) is 0 Å². The van der Waals surface area contributed by atoms with Gasteiger partial charge in [0.2, 0.25) is 5.78 Å². The van der Waals surface area contributed by atoms with E-state index in [0.717, 1.165) is 0 Å². The molecule has 0 aliphatic heterocycles. The fraction of sp³-hybridized carbons (Fsp3) is 0.625. The number of ketones is 1. The Bertz CT molecular complexity index is 237. The van der Waals surface area contributed by atoms with Crippen molar-refractivity contribution in [2.45, 2.75) is 19.9 Å². The van der Waals surface area contributed by atoms with E-state index in [1.807, 2.05) is 0 Å². The Morgan fingerprint density at radius 1 is 1.43 bits per heavy atom. The van der Waals surface area contributed by atoms with Crippen LogP contribution in [0, 0.1) is 0 Å². The second kappa shape index (κ2) is 6.09. The Balaban J connectivity index is 3.85. The van der Waals surface area contributed by atoms with Crippen molar-refractivity contribution in [3.05, 3.63) is 0 Å². The summed E-state index contributed by atoms with van der Waals surface area (Å²) in [6, 6.07) is -0.864. The zero-order valence-electron chi connectivity index (χ0n) is 8.20. The van der Waals surface area contributed by atoms with E-state index in [2.05, 4.69) is 10.1 Å². The highest BCUT2D eigenvalue weighted by Gasteiger charge is 2.18. The van der Waals surface area contributed by atoms with Gasteiger partial charge in [-0.15, -0.1) is 0 Å². The Morgan fingerprint density at radius 3 is 2.43 bits per heavy atom. The van der Waals surface area contributed by atoms with Gasteiger partial charge in [-0.2, -0.15) is 0 Å². The van der Waals surface area contributed by atoms with E-state index in [4.69, 9.17) is 5.73 Å². The molecule has 0 aromatic rings. The largest absolute Gasteiger partial charge is 0.465 e. The smallest absolute Gasteiger partial charge is 0.325 e. The molecule has 0 fully saturated rings. The second-order valence-electron chi connectivity index (χ2n) is 2.64. The topological polar surface area (TPSA) is 98.5 Å². The van der Waals surface area contributed by atoms with Gasteiger partial charge in [0.05, 0.1) is 12.6 Å². The Kier molecular flexibility index (Phi) is 5.47. The molecule has 0 aromatic heterocycles. The Labute approximate surface area is 81.8 Å². The molecular weight excluding hydrogens is 188 g/mol. The zero-order chi connectivity index (χ0) is 11.1. The summed E-state index contributed by atoms with van der Waals surface area (Å²) in [6.07, 6.45) is 0. The van der Waals surface area contributed by atoms with Gasteiger partial charge in [0.1, 0.15) is 6.54 Å². The summed E-state index contributed by atoms with van der Waals surface area (Å²) < 4.78 is 4.54. The molecule has 1 amide bonds. The number of rotatable bonds is 5. The van der Waals surface area contributed by atoms with Crippen molar-refractivity contribution < 1.29 is 19.1 Å². The van der Waals surface area contributed by atoms with Crippen molar-refractivity contribution in [1.29, 1.82) is 0 Å². The summed E-state index contributed by atoms with van der Waals surface area (Å²) in [4.78, 5) is 32.6. The van der Waals surface area contributed by atoms with E-state index in [-0.39, 0.29) is 13.2 Å². The van der Waals surface area contributed by atoms with Crippen LogP contribution >= 0.6 is 0 Å². The molecule has 6 heteroatoms. The van der Waals surface area contributed by atoms with Gasteiger partial charge in [-0.25, -0.2) is 0 Å². The number of nitrogens with one attached hydrogen (secondary N) is 1. The van der Waals surface area contributed by atoms with E-state index >= 15 is 0 Å². The van der Waals surface area contributed by atoms with Crippen LogP contribution in [0.5, 0.6) is 0 Å². The number of amides is 1. The number of carbonyl (C=O) groups is 3. The van der Waals surface area contributed by atoms with Gasteiger partial charge in [-0.05, 0) is 13.8 Å². The van der Waals surface area contributed by atoms with E-state index in [1.54, 1.807) is 6.92 Å². The van der Waals surface area contributed by atoms with Crippen LogP contribution in [0.2, 0.25) is 0 Å². The first-order valence-electron chi connectivity index (χ1n) is 4.22. The van der Waals surface area contributed by atoms with Crippen LogP contribution in [0.3, 0.4) is 0 Å². The first-order chi connectivity index (χ1) is 6.49. The number of esters is 1. The van der Waals surface area contributed by atoms with Crippen LogP contribution in [0.25, 0.3) is 0 Å². The normalized spacial score (nSPS) is 11.6. The quantitative estimate of drug-likeness (QED) is 0.421. The van der Waals surface area contributed by atoms with Crippen molar-refractivity contribution in [2.24, 2.45) is 5.73 Å². The number of Topliss-reactive ketones (excluding diaryl/α,β-unsaturated/α-hetero) is 1. The average molecular weight is 202 g/mol. The maximum Gasteiger partial charge on any atom is 0.325 e. The summed E-state index contributed by atoms with van der Waals surface area (Å²) in [5, 5.41) is 2.11. The third-order valence-corrected chi connectivity index (χ3v) is 1.34. The molecule has 0 unspecified atom stereocenters. The standard InChI is InChI=1S/C8H14N2O4/c1-3-14-6(11)4-10-8(13)7(12)5(2)9/h5H,3-4,9H2,1-2H3,(H,10,13)/t5-/m0/s1. The first kappa shape index (κ1) is 12.6. The van der Waals surface area contributed by atoms with E-state index in [9.17, 15) is 14.4 Å². The molecule has 0 aromatic carbocycles. The van der Waals surface area contributed by atoms with Gasteiger partial charge < -0.3 is 15.8 Å². The predicted octanol–water partition coefficient (Wildman–Crippen LogP) is -1.42. The fourth-order valence-electron chi connectivity index (χ4n) is 0.658. The van der Waals surface area contributed by atoms with Gasteiger partial charge >= 0.3 is 5.97 Å². The highest BCUT2D eigenvalue weighted by molar-refractivity contribution is 6.38. The van der Waals surface area contributed by atoms with Gasteiger partial charge in [-0.1, -0.05) is 0 Å². The van der Waals surface area contributed by atoms with E-state index in [1.165, 1.54) is 6.92 Å². The van der Waals surface area contributed by atoms with Crippen LogP contribution in [0.4, 0.5) is 0 Å². The highest BCUT2D eigenvalue weighted by Crippen LogP contribution is 1.81. The minimum absolute atomic E-state index is 0.232. The Morgan fingerprint density at radius 2 is 2.00 bits per heavy atom. The second-order valence-corrected chi connectivity index (χ2v) is 2.64. The van der Waals surface area contributed by atoms with Crippen molar-refractivity contribution in [3.63, 3.8) is 0 Å². The lowest BCUT2D eigenvalue weighted by Crippen LogP contribution is -2.42. The molecule has 6 nitrogen and oxygen atoms in total. The lowest BCUT2D eigenvalue weighted by Gasteiger charge is -2.05. The zero-order valence-corrected chi connectivity index (χ0v) is 8.20. The molecule has 0 bridgehead atoms. The maximum absolute atomic E-state index is 10.9. The summed E-state index contributed by atoms with van der Waals surface area (Å²) in [5.74, 6) is -2.21. The molecular formula is C8H14N2O4. The van der Waals surface area contributed by atoms with Gasteiger partial charge in [0.25, 0.3) is 5.91 Å². The third kappa shape index (κ3) is 4.56. The molecule has 0 spiro atoms. The number of carbonyl (C=O) groups excluding carboxylic acids is 3. The summed E-state index contributed by atoms with van der Waals surface area (Å²) in [5.41, 5.74) is 5.18. The van der Waals surface area contributed by atoms with Gasteiger partial charge in [-0.3, -0.25) is 14.4 Å². The molecule has 0 heterocycles. The molecule has 0 saturated carbocycles. The van der Waals surface area contributed by atoms with Gasteiger partial charge in [0.15, 0.2) is 0 Å². The lowest BCUT2D eigenvalue weighted by atomic mass is 10.2. The number of hydrogen-bond donors (Lipinski definition) is 2. The summed E-state index contributed by atoms with van der Waals surface area (Å²) in [6.45, 7) is 2.96. The monoisotopic (exact) mass is 202 g/mol. The molecule has 0 aliphatic carbocycles. The van der Waals surface area contributed by atoms with Crippen molar-refractivity contribution in [3.8, 4) is 0 Å². The van der Waals surface area contributed by atoms with Gasteiger partial charge in [0, 0.05) is 0 Å². The molecule has 0 aliphatic rings. The summed E-state index contributed by atoms with van der Waals surface area (Å²) >= 11 is 0. The number of nitrogens with two attached hydrogens (primary N) is 1. The fourth-order valence-corrected chi connectivity index (χ4v) is 0.658. The van der Waals surface area contributed by atoms with Crippen LogP contribution in [0.1, 0.15) is 13.8 Å². The van der Waals surface area contributed by atoms with Crippen LogP contribution in [0.15, 0.2) is 0 Å². The summed E-state index contributed by atoms with van der Waals surface area (Å²) in [7, 11) is 0. The van der Waals surface area contributed by atoms with Crippen molar-refractivity contribution in [1.82, 2.24) is 5.32 Å². The van der Waals surface area contributed by atoms with Crippen molar-refractivity contribution in [2.75, 3.05) is 13.2 Å².